The number of halogens is 3. The minimum absolute atomic E-state index is 0.104. The van der Waals surface area contributed by atoms with Crippen molar-refractivity contribution < 1.29 is 27.5 Å². The highest BCUT2D eigenvalue weighted by atomic mass is 19.4. The Labute approximate surface area is 202 Å². The summed E-state index contributed by atoms with van der Waals surface area (Å²) in [4.78, 5) is 27.0. The standard InChI is InChI=1S/C27H27F3N2O3/c1-15-22(25(34)32-18-11-7-6-10-17(18)27(28,29)30)23(16-9-5-8-12-21(16)35-4)24-19(31-15)13-26(2,3)14-20(24)33/h5-12,23,31H,13-14H2,1-4H3,(H,32,34)/t23-/m1/s1. The SMILES string of the molecule is COc1ccccc1[C@@H]1C(C(=O)Nc2ccccc2C(F)(F)F)=C(C)NC2=C1C(=O)CC(C)(C)C2. The summed E-state index contributed by atoms with van der Waals surface area (Å²) in [6.45, 7) is 5.70. The lowest BCUT2D eigenvalue weighted by molar-refractivity contribution is -0.137. The third kappa shape index (κ3) is 4.70. The Hall–Kier alpha value is -3.55. The summed E-state index contributed by atoms with van der Waals surface area (Å²) >= 11 is 0. The molecule has 4 rings (SSSR count). The number of para-hydroxylation sites is 2. The number of hydrogen-bond donors (Lipinski definition) is 2. The molecule has 0 saturated carbocycles. The van der Waals surface area contributed by atoms with E-state index in [1.54, 1.807) is 31.2 Å². The van der Waals surface area contributed by atoms with Crippen LogP contribution in [0.4, 0.5) is 18.9 Å². The smallest absolute Gasteiger partial charge is 0.418 e. The van der Waals surface area contributed by atoms with Gasteiger partial charge in [-0.15, -0.1) is 0 Å². The zero-order chi connectivity index (χ0) is 25.5. The molecule has 35 heavy (non-hydrogen) atoms. The van der Waals surface area contributed by atoms with Crippen LogP contribution in [0.25, 0.3) is 0 Å². The van der Waals surface area contributed by atoms with Crippen LogP contribution >= 0.6 is 0 Å². The summed E-state index contributed by atoms with van der Waals surface area (Å²) in [5.41, 5.74) is 0.885. The molecule has 1 aliphatic carbocycles. The lowest BCUT2D eigenvalue weighted by Crippen LogP contribution is -2.39. The number of carbonyl (C=O) groups is 2. The van der Waals surface area contributed by atoms with E-state index in [0.717, 1.165) is 11.8 Å². The molecular weight excluding hydrogens is 457 g/mol. The number of anilines is 1. The molecule has 2 aromatic rings. The van der Waals surface area contributed by atoms with Crippen molar-refractivity contribution in [2.24, 2.45) is 5.41 Å². The average Bonchev–Trinajstić information content (AvgIpc) is 2.76. The van der Waals surface area contributed by atoms with E-state index in [4.69, 9.17) is 4.74 Å². The Bertz CT molecular complexity index is 1260. The van der Waals surface area contributed by atoms with Crippen molar-refractivity contribution in [1.82, 2.24) is 5.32 Å². The second kappa shape index (κ2) is 8.91. The summed E-state index contributed by atoms with van der Waals surface area (Å²) in [5.74, 6) is -1.12. The highest BCUT2D eigenvalue weighted by molar-refractivity contribution is 6.10. The van der Waals surface area contributed by atoms with Crippen LogP contribution in [0.5, 0.6) is 5.75 Å². The third-order valence-electron chi connectivity index (χ3n) is 6.41. The fourth-order valence-corrected chi connectivity index (χ4v) is 4.98. The summed E-state index contributed by atoms with van der Waals surface area (Å²) in [6, 6.07) is 11.9. The molecule has 0 aromatic heterocycles. The Morgan fingerprint density at radius 2 is 1.74 bits per heavy atom. The molecular formula is C27H27F3N2O3. The van der Waals surface area contributed by atoms with Crippen molar-refractivity contribution in [3.63, 3.8) is 0 Å². The number of nitrogens with one attached hydrogen (secondary N) is 2. The van der Waals surface area contributed by atoms with Crippen LogP contribution in [0, 0.1) is 5.41 Å². The van der Waals surface area contributed by atoms with Gasteiger partial charge in [-0.05, 0) is 37.0 Å². The molecule has 8 heteroatoms. The van der Waals surface area contributed by atoms with E-state index in [1.807, 2.05) is 13.8 Å². The first-order chi connectivity index (χ1) is 16.4. The van der Waals surface area contributed by atoms with Crippen molar-refractivity contribution in [2.45, 2.75) is 45.7 Å². The molecule has 2 aliphatic rings. The largest absolute Gasteiger partial charge is 0.496 e. The van der Waals surface area contributed by atoms with Crippen LogP contribution in [0.3, 0.4) is 0 Å². The molecule has 1 amide bonds. The van der Waals surface area contributed by atoms with Crippen LogP contribution in [0.2, 0.25) is 0 Å². The summed E-state index contributed by atoms with van der Waals surface area (Å²) in [7, 11) is 1.50. The Morgan fingerprint density at radius 3 is 2.43 bits per heavy atom. The molecule has 5 nitrogen and oxygen atoms in total. The monoisotopic (exact) mass is 484 g/mol. The van der Waals surface area contributed by atoms with Crippen molar-refractivity contribution in [1.29, 1.82) is 0 Å². The minimum Gasteiger partial charge on any atom is -0.496 e. The average molecular weight is 485 g/mol. The van der Waals surface area contributed by atoms with Gasteiger partial charge < -0.3 is 15.4 Å². The summed E-state index contributed by atoms with van der Waals surface area (Å²) in [5, 5.41) is 5.67. The summed E-state index contributed by atoms with van der Waals surface area (Å²) < 4.78 is 46.2. The van der Waals surface area contributed by atoms with E-state index in [9.17, 15) is 22.8 Å². The van der Waals surface area contributed by atoms with Gasteiger partial charge in [-0.25, -0.2) is 0 Å². The fraction of sp³-hybridized carbons (Fsp3) is 0.333. The predicted molar refractivity (Wildman–Crippen MR) is 127 cm³/mol. The van der Waals surface area contributed by atoms with Crippen LogP contribution in [-0.2, 0) is 15.8 Å². The zero-order valence-electron chi connectivity index (χ0n) is 20.0. The van der Waals surface area contributed by atoms with E-state index in [0.29, 0.717) is 35.4 Å². The second-order valence-electron chi connectivity index (χ2n) is 9.67. The van der Waals surface area contributed by atoms with Gasteiger partial charge in [0.1, 0.15) is 5.75 Å². The van der Waals surface area contributed by atoms with E-state index < -0.39 is 23.6 Å². The molecule has 1 aliphatic heterocycles. The van der Waals surface area contributed by atoms with Gasteiger partial charge in [-0.1, -0.05) is 44.2 Å². The zero-order valence-corrected chi connectivity index (χ0v) is 20.0. The van der Waals surface area contributed by atoms with Gasteiger partial charge in [-0.3, -0.25) is 9.59 Å². The van der Waals surface area contributed by atoms with Crippen molar-refractivity contribution in [2.75, 3.05) is 12.4 Å². The van der Waals surface area contributed by atoms with E-state index >= 15 is 0 Å². The number of alkyl halides is 3. The molecule has 2 N–H and O–H groups in total. The number of Topliss-reactive ketones (excluding diaryl/α,β-unsaturated/α-hetero) is 1. The molecule has 0 radical (unpaired) electrons. The van der Waals surface area contributed by atoms with Crippen molar-refractivity contribution in [3.8, 4) is 5.75 Å². The minimum atomic E-state index is -4.64. The molecule has 0 bridgehead atoms. The van der Waals surface area contributed by atoms with E-state index in [1.165, 1.54) is 25.3 Å². The molecule has 0 fully saturated rings. The lowest BCUT2D eigenvalue weighted by atomic mass is 9.68. The fourth-order valence-electron chi connectivity index (χ4n) is 4.98. The number of rotatable bonds is 4. The molecule has 1 heterocycles. The van der Waals surface area contributed by atoms with E-state index in [-0.39, 0.29) is 22.5 Å². The van der Waals surface area contributed by atoms with Gasteiger partial charge in [0.05, 0.1) is 24.3 Å². The maximum absolute atomic E-state index is 13.6. The maximum atomic E-state index is 13.6. The number of dihydropyridines is 1. The van der Waals surface area contributed by atoms with Crippen molar-refractivity contribution in [3.05, 3.63) is 82.2 Å². The number of carbonyl (C=O) groups excluding carboxylic acids is 2. The second-order valence-corrected chi connectivity index (χ2v) is 9.67. The Morgan fingerprint density at radius 1 is 1.09 bits per heavy atom. The normalized spacial score (nSPS) is 19.7. The maximum Gasteiger partial charge on any atom is 0.418 e. The number of allylic oxidation sites excluding steroid dienone is 3. The third-order valence-corrected chi connectivity index (χ3v) is 6.41. The lowest BCUT2D eigenvalue weighted by Gasteiger charge is -2.40. The first-order valence-corrected chi connectivity index (χ1v) is 11.3. The first-order valence-electron chi connectivity index (χ1n) is 11.3. The number of benzene rings is 2. The van der Waals surface area contributed by atoms with Crippen LogP contribution < -0.4 is 15.4 Å². The number of methoxy groups -OCH3 is 1. The molecule has 0 unspecified atom stereocenters. The molecule has 184 valence electrons. The Kier molecular flexibility index (Phi) is 6.25. The number of amides is 1. The Balaban J connectivity index is 1.85. The van der Waals surface area contributed by atoms with Gasteiger partial charge in [0.15, 0.2) is 5.78 Å². The molecule has 0 saturated heterocycles. The molecule has 2 aromatic carbocycles. The molecule has 1 atom stereocenters. The number of hydrogen-bond acceptors (Lipinski definition) is 4. The van der Waals surface area contributed by atoms with Gasteiger partial charge in [0.2, 0.25) is 0 Å². The van der Waals surface area contributed by atoms with Gasteiger partial charge in [0, 0.05) is 34.5 Å². The quantitative estimate of drug-likeness (QED) is 0.562. The van der Waals surface area contributed by atoms with E-state index in [2.05, 4.69) is 10.6 Å². The first kappa shape index (κ1) is 24.6. The predicted octanol–water partition coefficient (Wildman–Crippen LogP) is 5.96. The van der Waals surface area contributed by atoms with Gasteiger partial charge >= 0.3 is 6.18 Å². The topological polar surface area (TPSA) is 67.4 Å². The number of ketones is 1. The number of ether oxygens (including phenoxy) is 1. The van der Waals surface area contributed by atoms with Crippen LogP contribution in [-0.4, -0.2) is 18.8 Å². The van der Waals surface area contributed by atoms with Gasteiger partial charge in [-0.2, -0.15) is 13.2 Å². The molecule has 0 spiro atoms. The van der Waals surface area contributed by atoms with Crippen LogP contribution in [0.1, 0.15) is 50.7 Å². The van der Waals surface area contributed by atoms with Crippen LogP contribution in [0.15, 0.2) is 71.1 Å². The highest BCUT2D eigenvalue weighted by Crippen LogP contribution is 2.48. The van der Waals surface area contributed by atoms with Gasteiger partial charge in [0.25, 0.3) is 5.91 Å². The summed E-state index contributed by atoms with van der Waals surface area (Å²) in [6.07, 6.45) is -3.74. The van der Waals surface area contributed by atoms with Crippen molar-refractivity contribution >= 4 is 17.4 Å². The highest BCUT2D eigenvalue weighted by Gasteiger charge is 2.44.